The first kappa shape index (κ1) is 17.8. The Morgan fingerprint density at radius 2 is 2.12 bits per heavy atom. The molecular formula is C16H13F4N5O. The van der Waals surface area contributed by atoms with Gasteiger partial charge in [-0.05, 0) is 30.5 Å². The molecule has 1 aliphatic carbocycles. The number of halogens is 4. The van der Waals surface area contributed by atoms with Crippen LogP contribution in [0, 0.1) is 23.1 Å². The zero-order chi connectivity index (χ0) is 18.9. The second-order valence-electron chi connectivity index (χ2n) is 6.08. The number of hydrogen-bond acceptors (Lipinski definition) is 4. The predicted molar refractivity (Wildman–Crippen MR) is 80.1 cm³/mol. The summed E-state index contributed by atoms with van der Waals surface area (Å²) in [6, 6.07) is 4.66. The summed E-state index contributed by atoms with van der Waals surface area (Å²) >= 11 is 0. The van der Waals surface area contributed by atoms with E-state index in [9.17, 15) is 22.4 Å². The standard InChI is InChI=1S/C16H13F4N5O/c17-13-2-1-9(5-12(13)16(18,19)20)7-25-8-14(23-24-25)15(26)22-11-3-10(4-11)6-21/h1-2,5,8,10-11H,3-4,7H2,(H,22,26). The molecule has 136 valence electrons. The van der Waals surface area contributed by atoms with Gasteiger partial charge in [-0.3, -0.25) is 4.79 Å². The van der Waals surface area contributed by atoms with Gasteiger partial charge < -0.3 is 5.32 Å². The topological polar surface area (TPSA) is 83.6 Å². The maximum atomic E-state index is 13.3. The highest BCUT2D eigenvalue weighted by Crippen LogP contribution is 2.32. The molecule has 0 atom stereocenters. The fraction of sp³-hybridized carbons (Fsp3) is 0.375. The van der Waals surface area contributed by atoms with Crippen LogP contribution in [0.25, 0.3) is 0 Å². The lowest BCUT2D eigenvalue weighted by Gasteiger charge is -2.30. The van der Waals surface area contributed by atoms with Gasteiger partial charge in [0.15, 0.2) is 5.69 Å². The average molecular weight is 367 g/mol. The number of carbonyl (C=O) groups is 1. The molecular weight excluding hydrogens is 354 g/mol. The summed E-state index contributed by atoms with van der Waals surface area (Å²) in [4.78, 5) is 12.0. The number of alkyl halides is 3. The van der Waals surface area contributed by atoms with Gasteiger partial charge in [0.25, 0.3) is 5.91 Å². The van der Waals surface area contributed by atoms with Gasteiger partial charge in [0, 0.05) is 6.04 Å². The van der Waals surface area contributed by atoms with Crippen molar-refractivity contribution in [1.82, 2.24) is 20.3 Å². The Morgan fingerprint density at radius 1 is 1.38 bits per heavy atom. The number of aromatic nitrogens is 3. The molecule has 1 aromatic heterocycles. The lowest BCUT2D eigenvalue weighted by atomic mass is 9.81. The first-order valence-electron chi connectivity index (χ1n) is 7.72. The smallest absolute Gasteiger partial charge is 0.348 e. The van der Waals surface area contributed by atoms with Crippen LogP contribution in [0.2, 0.25) is 0 Å². The van der Waals surface area contributed by atoms with E-state index in [2.05, 4.69) is 21.7 Å². The number of carbonyl (C=O) groups excluding carboxylic acids is 1. The minimum absolute atomic E-state index is 0.0172. The number of nitrogens with one attached hydrogen (secondary N) is 1. The summed E-state index contributed by atoms with van der Waals surface area (Å²) in [5.74, 6) is -1.87. The monoisotopic (exact) mass is 367 g/mol. The number of rotatable bonds is 4. The Bertz CT molecular complexity index is 864. The molecule has 3 rings (SSSR count). The van der Waals surface area contributed by atoms with E-state index >= 15 is 0 Å². The largest absolute Gasteiger partial charge is 0.419 e. The van der Waals surface area contributed by atoms with Crippen LogP contribution in [0.15, 0.2) is 24.4 Å². The van der Waals surface area contributed by atoms with Crippen LogP contribution in [0.3, 0.4) is 0 Å². The average Bonchev–Trinajstić information content (AvgIpc) is 2.99. The molecule has 0 saturated heterocycles. The van der Waals surface area contributed by atoms with Crippen LogP contribution in [0.4, 0.5) is 17.6 Å². The minimum Gasteiger partial charge on any atom is -0.348 e. The molecule has 1 aromatic carbocycles. The van der Waals surface area contributed by atoms with Crippen molar-refractivity contribution in [2.45, 2.75) is 31.6 Å². The third-order valence-corrected chi connectivity index (χ3v) is 4.11. The van der Waals surface area contributed by atoms with Crippen LogP contribution in [-0.2, 0) is 12.7 Å². The van der Waals surface area contributed by atoms with Gasteiger partial charge in [-0.1, -0.05) is 11.3 Å². The summed E-state index contributed by atoms with van der Waals surface area (Å²) in [5.41, 5.74) is -1.17. The van der Waals surface area contributed by atoms with Crippen LogP contribution >= 0.6 is 0 Å². The lowest BCUT2D eigenvalue weighted by molar-refractivity contribution is -0.140. The van der Waals surface area contributed by atoms with Crippen molar-refractivity contribution >= 4 is 5.91 Å². The van der Waals surface area contributed by atoms with Gasteiger partial charge in [-0.25, -0.2) is 9.07 Å². The number of benzene rings is 1. The maximum Gasteiger partial charge on any atom is 0.419 e. The van der Waals surface area contributed by atoms with E-state index in [1.54, 1.807) is 0 Å². The number of amides is 1. The highest BCUT2D eigenvalue weighted by atomic mass is 19.4. The molecule has 0 radical (unpaired) electrons. The predicted octanol–water partition coefficient (Wildman–Crippen LogP) is 2.52. The van der Waals surface area contributed by atoms with Crippen molar-refractivity contribution < 1.29 is 22.4 Å². The van der Waals surface area contributed by atoms with Gasteiger partial charge in [0.1, 0.15) is 5.82 Å². The van der Waals surface area contributed by atoms with E-state index < -0.39 is 23.5 Å². The van der Waals surface area contributed by atoms with Crippen LogP contribution in [0.1, 0.15) is 34.5 Å². The fourth-order valence-corrected chi connectivity index (χ4v) is 2.66. The van der Waals surface area contributed by atoms with E-state index in [1.165, 1.54) is 16.9 Å². The van der Waals surface area contributed by atoms with Crippen molar-refractivity contribution in [3.05, 3.63) is 47.0 Å². The van der Waals surface area contributed by atoms with E-state index in [1.807, 2.05) is 0 Å². The third kappa shape index (κ3) is 3.82. The molecule has 0 unspecified atom stereocenters. The normalized spacial score (nSPS) is 19.5. The molecule has 2 aromatic rings. The van der Waals surface area contributed by atoms with Crippen LogP contribution < -0.4 is 5.32 Å². The van der Waals surface area contributed by atoms with Crippen molar-refractivity contribution in [2.24, 2.45) is 5.92 Å². The number of nitriles is 1. The number of hydrogen-bond donors (Lipinski definition) is 1. The zero-order valence-electron chi connectivity index (χ0n) is 13.3. The van der Waals surface area contributed by atoms with Crippen LogP contribution in [-0.4, -0.2) is 26.9 Å². The molecule has 1 saturated carbocycles. The van der Waals surface area contributed by atoms with Gasteiger partial charge in [-0.2, -0.15) is 18.4 Å². The second-order valence-corrected chi connectivity index (χ2v) is 6.08. The highest BCUT2D eigenvalue weighted by molar-refractivity contribution is 5.92. The summed E-state index contributed by atoms with van der Waals surface area (Å²) in [6.07, 6.45) is -2.34. The third-order valence-electron chi connectivity index (χ3n) is 4.11. The van der Waals surface area contributed by atoms with E-state index in [-0.39, 0.29) is 29.8 Å². The quantitative estimate of drug-likeness (QED) is 0.842. The maximum absolute atomic E-state index is 13.3. The Labute approximate surface area is 145 Å². The van der Waals surface area contributed by atoms with Gasteiger partial charge in [-0.15, -0.1) is 5.10 Å². The summed E-state index contributed by atoms with van der Waals surface area (Å²) in [5, 5.41) is 18.8. The fourth-order valence-electron chi connectivity index (χ4n) is 2.66. The van der Waals surface area contributed by atoms with E-state index in [0.29, 0.717) is 18.9 Å². The molecule has 10 heteroatoms. The van der Waals surface area contributed by atoms with Gasteiger partial charge in [0.05, 0.1) is 30.3 Å². The molecule has 0 spiro atoms. The van der Waals surface area contributed by atoms with Gasteiger partial charge >= 0.3 is 6.18 Å². The van der Waals surface area contributed by atoms with Crippen molar-refractivity contribution in [2.75, 3.05) is 0 Å². The lowest BCUT2D eigenvalue weighted by Crippen LogP contribution is -2.44. The van der Waals surface area contributed by atoms with Crippen LogP contribution in [0.5, 0.6) is 0 Å². The van der Waals surface area contributed by atoms with Crippen molar-refractivity contribution in [1.29, 1.82) is 5.26 Å². The molecule has 1 aliphatic rings. The Hall–Kier alpha value is -2.96. The second kappa shape index (κ2) is 6.74. The molecule has 26 heavy (non-hydrogen) atoms. The van der Waals surface area contributed by atoms with E-state index in [4.69, 9.17) is 5.26 Å². The minimum atomic E-state index is -4.79. The first-order chi connectivity index (χ1) is 12.3. The Kier molecular flexibility index (Phi) is 4.63. The number of nitrogens with zero attached hydrogens (tertiary/aromatic N) is 4. The Balaban J connectivity index is 1.65. The molecule has 1 amide bonds. The SMILES string of the molecule is N#CC1CC(NC(=O)c2cn(Cc3ccc(F)c(C(F)(F)F)c3)nn2)C1. The Morgan fingerprint density at radius 3 is 2.77 bits per heavy atom. The molecule has 1 heterocycles. The molecule has 0 aliphatic heterocycles. The van der Waals surface area contributed by atoms with Gasteiger partial charge in [0.2, 0.25) is 0 Å². The molecule has 0 bridgehead atoms. The van der Waals surface area contributed by atoms with Crippen molar-refractivity contribution in [3.63, 3.8) is 0 Å². The van der Waals surface area contributed by atoms with Crippen molar-refractivity contribution in [3.8, 4) is 6.07 Å². The summed E-state index contributed by atoms with van der Waals surface area (Å²) < 4.78 is 52.7. The first-order valence-corrected chi connectivity index (χ1v) is 7.72. The highest BCUT2D eigenvalue weighted by Gasteiger charge is 2.34. The summed E-state index contributed by atoms with van der Waals surface area (Å²) in [6.45, 7) is -0.0937. The summed E-state index contributed by atoms with van der Waals surface area (Å²) in [7, 11) is 0. The molecule has 6 nitrogen and oxygen atoms in total. The zero-order valence-corrected chi connectivity index (χ0v) is 13.3. The molecule has 1 fully saturated rings. The van der Waals surface area contributed by atoms with E-state index in [0.717, 1.165) is 6.07 Å². The molecule has 1 N–H and O–H groups in total.